The van der Waals surface area contributed by atoms with E-state index in [1.54, 1.807) is 41.7 Å². The number of likely N-dealkylation sites (tertiary alicyclic amines) is 1. The van der Waals surface area contributed by atoms with Crippen LogP contribution in [0.15, 0.2) is 72.8 Å². The third-order valence-electron chi connectivity index (χ3n) is 5.73. The van der Waals surface area contributed by atoms with E-state index in [-0.39, 0.29) is 11.3 Å². The fourth-order valence-corrected chi connectivity index (χ4v) is 4.10. The second kappa shape index (κ2) is 9.73. The first-order valence-corrected chi connectivity index (χ1v) is 11.0. The summed E-state index contributed by atoms with van der Waals surface area (Å²) in [6, 6.07) is 13.9. The number of nitrogens with zero attached hydrogens (tertiary/aromatic N) is 3. The Labute approximate surface area is 192 Å². The maximum absolute atomic E-state index is 13.1. The van der Waals surface area contributed by atoms with Gasteiger partial charge in [-0.05, 0) is 38.0 Å². The van der Waals surface area contributed by atoms with Crippen molar-refractivity contribution in [3.05, 3.63) is 89.5 Å². The lowest BCUT2D eigenvalue weighted by molar-refractivity contribution is -0.139. The molecule has 1 N–H and O–H groups in total. The largest absolute Gasteiger partial charge is 0.507 e. The van der Waals surface area contributed by atoms with E-state index < -0.39 is 17.7 Å². The van der Waals surface area contributed by atoms with Gasteiger partial charge < -0.3 is 19.3 Å². The number of amides is 1. The molecule has 1 atom stereocenters. The second-order valence-corrected chi connectivity index (χ2v) is 8.02. The first-order chi connectivity index (χ1) is 16.0. The topological polar surface area (TPSA) is 84.7 Å². The summed E-state index contributed by atoms with van der Waals surface area (Å²) in [6.45, 7) is 5.37. The third kappa shape index (κ3) is 4.67. The summed E-state index contributed by atoms with van der Waals surface area (Å²) >= 11 is 0. The standard InChI is InChI=1S/C26H27N3O4/c1-3-33-21-7-4-6-20(16-21)24(30)22-23(19-10-8-18(2)9-11-19)29(26(32)25(22)31)14-5-13-28-15-12-27-17-28/h4,6-12,15-17,23,30H,3,5,13-14H2,1-2H3/b24-22+. The molecule has 7 heteroatoms. The number of ether oxygens (including phenoxy) is 1. The molecule has 0 saturated carbocycles. The van der Waals surface area contributed by atoms with Crippen molar-refractivity contribution in [2.75, 3.05) is 13.2 Å². The van der Waals surface area contributed by atoms with Crippen molar-refractivity contribution in [1.82, 2.24) is 14.5 Å². The smallest absolute Gasteiger partial charge is 0.295 e. The summed E-state index contributed by atoms with van der Waals surface area (Å²) < 4.78 is 7.47. The number of benzene rings is 2. The molecule has 7 nitrogen and oxygen atoms in total. The van der Waals surface area contributed by atoms with Crippen LogP contribution in [0.25, 0.3) is 5.76 Å². The van der Waals surface area contributed by atoms with Crippen molar-refractivity contribution >= 4 is 17.4 Å². The van der Waals surface area contributed by atoms with Crippen molar-refractivity contribution in [3.8, 4) is 5.75 Å². The predicted octanol–water partition coefficient (Wildman–Crippen LogP) is 4.10. The van der Waals surface area contributed by atoms with Gasteiger partial charge in [0.2, 0.25) is 0 Å². The summed E-state index contributed by atoms with van der Waals surface area (Å²) in [7, 11) is 0. The molecular formula is C26H27N3O4. The zero-order valence-electron chi connectivity index (χ0n) is 18.8. The van der Waals surface area contributed by atoms with E-state index in [1.807, 2.05) is 48.9 Å². The molecule has 1 fully saturated rings. The minimum atomic E-state index is -0.678. The highest BCUT2D eigenvalue weighted by atomic mass is 16.5. The number of Topliss-reactive ketones (excluding diaryl/α,β-unsaturated/α-hetero) is 1. The van der Waals surface area contributed by atoms with Gasteiger partial charge in [0.05, 0.1) is 24.5 Å². The molecular weight excluding hydrogens is 418 g/mol. The summed E-state index contributed by atoms with van der Waals surface area (Å²) in [4.78, 5) is 31.8. The number of ketones is 1. The quantitative estimate of drug-likeness (QED) is 0.321. The minimum absolute atomic E-state index is 0.0973. The highest BCUT2D eigenvalue weighted by Gasteiger charge is 2.45. The molecule has 1 aliphatic rings. The third-order valence-corrected chi connectivity index (χ3v) is 5.73. The summed E-state index contributed by atoms with van der Waals surface area (Å²) in [5.41, 5.74) is 2.39. The van der Waals surface area contributed by atoms with Gasteiger partial charge >= 0.3 is 0 Å². The van der Waals surface area contributed by atoms with E-state index in [9.17, 15) is 14.7 Å². The lowest BCUT2D eigenvalue weighted by Gasteiger charge is -2.25. The summed E-state index contributed by atoms with van der Waals surface area (Å²) in [5, 5.41) is 11.2. The maximum Gasteiger partial charge on any atom is 0.295 e. The van der Waals surface area contributed by atoms with Gasteiger partial charge in [0.1, 0.15) is 11.5 Å². The van der Waals surface area contributed by atoms with Crippen LogP contribution in [0.3, 0.4) is 0 Å². The molecule has 0 bridgehead atoms. The van der Waals surface area contributed by atoms with Crippen LogP contribution in [0.2, 0.25) is 0 Å². The first-order valence-electron chi connectivity index (χ1n) is 11.0. The first kappa shape index (κ1) is 22.3. The molecule has 0 spiro atoms. The SMILES string of the molecule is CCOc1cccc(/C(O)=C2\C(=O)C(=O)N(CCCn3ccnc3)C2c2ccc(C)cc2)c1. The molecule has 33 heavy (non-hydrogen) atoms. The Morgan fingerprint density at radius 3 is 2.61 bits per heavy atom. The normalized spacial score (nSPS) is 17.5. The van der Waals surface area contributed by atoms with Crippen LogP contribution in [0.4, 0.5) is 0 Å². The van der Waals surface area contributed by atoms with Gasteiger partial charge in [-0.1, -0.05) is 42.0 Å². The number of hydrogen-bond donors (Lipinski definition) is 1. The van der Waals surface area contributed by atoms with Crippen LogP contribution in [0, 0.1) is 6.92 Å². The number of aliphatic hydroxyl groups is 1. The van der Waals surface area contributed by atoms with Crippen LogP contribution in [-0.4, -0.2) is 44.4 Å². The van der Waals surface area contributed by atoms with Crippen molar-refractivity contribution in [3.63, 3.8) is 0 Å². The number of aromatic nitrogens is 2. The molecule has 1 unspecified atom stereocenters. The molecule has 0 radical (unpaired) electrons. The van der Waals surface area contributed by atoms with E-state index in [4.69, 9.17) is 4.74 Å². The van der Waals surface area contributed by atoms with Crippen molar-refractivity contribution in [2.24, 2.45) is 0 Å². The van der Waals surface area contributed by atoms with Crippen LogP contribution >= 0.6 is 0 Å². The average Bonchev–Trinajstić information content (AvgIpc) is 3.42. The molecule has 1 aromatic heterocycles. The van der Waals surface area contributed by atoms with Gasteiger partial charge in [-0.25, -0.2) is 4.98 Å². The molecule has 1 amide bonds. The highest BCUT2D eigenvalue weighted by molar-refractivity contribution is 6.46. The minimum Gasteiger partial charge on any atom is -0.507 e. The molecule has 1 aliphatic heterocycles. The molecule has 2 heterocycles. The molecule has 1 saturated heterocycles. The fourth-order valence-electron chi connectivity index (χ4n) is 4.10. The van der Waals surface area contributed by atoms with Crippen LogP contribution in [0.5, 0.6) is 5.75 Å². The Morgan fingerprint density at radius 2 is 1.91 bits per heavy atom. The Kier molecular flexibility index (Phi) is 6.58. The van der Waals surface area contributed by atoms with E-state index >= 15 is 0 Å². The number of imidazole rings is 1. The van der Waals surface area contributed by atoms with E-state index in [2.05, 4.69) is 4.98 Å². The van der Waals surface area contributed by atoms with Crippen LogP contribution in [-0.2, 0) is 16.1 Å². The lowest BCUT2D eigenvalue weighted by atomic mass is 9.94. The Morgan fingerprint density at radius 1 is 1.12 bits per heavy atom. The zero-order valence-corrected chi connectivity index (χ0v) is 18.8. The van der Waals surface area contributed by atoms with Crippen LogP contribution < -0.4 is 4.74 Å². The van der Waals surface area contributed by atoms with E-state index in [0.29, 0.717) is 37.4 Å². The lowest BCUT2D eigenvalue weighted by Crippen LogP contribution is -2.31. The van der Waals surface area contributed by atoms with E-state index in [0.717, 1.165) is 11.1 Å². The summed E-state index contributed by atoms with van der Waals surface area (Å²) in [6.07, 6.45) is 5.92. The predicted molar refractivity (Wildman–Crippen MR) is 125 cm³/mol. The molecule has 4 rings (SSSR count). The molecule has 2 aromatic carbocycles. The Balaban J connectivity index is 1.73. The Bertz CT molecular complexity index is 1170. The average molecular weight is 446 g/mol. The van der Waals surface area contributed by atoms with E-state index in [1.165, 1.54) is 0 Å². The van der Waals surface area contributed by atoms with Gasteiger partial charge in [-0.2, -0.15) is 0 Å². The van der Waals surface area contributed by atoms with Gasteiger partial charge in [-0.15, -0.1) is 0 Å². The van der Waals surface area contributed by atoms with Crippen LogP contribution in [0.1, 0.15) is 36.1 Å². The molecule has 3 aromatic rings. The number of carbonyl (C=O) groups excluding carboxylic acids is 2. The van der Waals surface area contributed by atoms with Gasteiger partial charge in [-0.3, -0.25) is 9.59 Å². The number of rotatable bonds is 8. The Hall–Kier alpha value is -3.87. The monoisotopic (exact) mass is 445 g/mol. The van der Waals surface area contributed by atoms with Crippen molar-refractivity contribution < 1.29 is 19.4 Å². The number of aryl methyl sites for hydroxylation is 2. The number of hydrogen-bond acceptors (Lipinski definition) is 5. The number of carbonyl (C=O) groups is 2. The van der Waals surface area contributed by atoms with Gasteiger partial charge in [0.15, 0.2) is 0 Å². The highest BCUT2D eigenvalue weighted by Crippen LogP contribution is 2.39. The summed E-state index contributed by atoms with van der Waals surface area (Å²) in [5.74, 6) is -0.892. The second-order valence-electron chi connectivity index (χ2n) is 8.02. The molecule has 0 aliphatic carbocycles. The number of aliphatic hydroxyl groups excluding tert-OH is 1. The van der Waals surface area contributed by atoms with Crippen molar-refractivity contribution in [1.29, 1.82) is 0 Å². The molecule has 170 valence electrons. The van der Waals surface area contributed by atoms with Crippen molar-refractivity contribution in [2.45, 2.75) is 32.9 Å². The maximum atomic E-state index is 13.1. The van der Waals surface area contributed by atoms with Gasteiger partial charge in [0.25, 0.3) is 11.7 Å². The zero-order chi connectivity index (χ0) is 23.4. The fraction of sp³-hybridized carbons (Fsp3) is 0.269. The van der Waals surface area contributed by atoms with Gasteiger partial charge in [0, 0.05) is 31.0 Å².